The number of anilines is 1. The largest absolute Gasteiger partial charge is 0.507 e. The molecule has 3 fully saturated rings. The first-order valence-electron chi connectivity index (χ1n) is 15.5. The number of phenolic OH excluding ortho intramolecular Hbond substituents is 1. The molecule has 1 saturated heterocycles. The molecule has 4 N–H and O–H groups in total. The van der Waals surface area contributed by atoms with Crippen molar-refractivity contribution in [2.75, 3.05) is 46.2 Å². The van der Waals surface area contributed by atoms with Gasteiger partial charge in [-0.3, -0.25) is 33.8 Å². The first kappa shape index (κ1) is 31.1. The summed E-state index contributed by atoms with van der Waals surface area (Å²) in [5.74, 6) is -10.5. The monoisotopic (exact) mass is 616 g/mol. The van der Waals surface area contributed by atoms with E-state index in [4.69, 9.17) is 5.73 Å². The number of nitrogens with two attached hydrogens (primary N) is 1. The molecular formula is C34H40N4O7. The van der Waals surface area contributed by atoms with E-state index in [0.717, 1.165) is 25.2 Å². The van der Waals surface area contributed by atoms with Gasteiger partial charge in [-0.1, -0.05) is 24.3 Å². The number of ketones is 4. The Morgan fingerprint density at radius 1 is 1.02 bits per heavy atom. The Bertz CT molecular complexity index is 1610. The molecule has 11 nitrogen and oxygen atoms in total. The lowest BCUT2D eigenvalue weighted by Gasteiger charge is -2.52. The van der Waals surface area contributed by atoms with Gasteiger partial charge in [-0.15, -0.1) is 0 Å². The van der Waals surface area contributed by atoms with E-state index in [1.165, 1.54) is 17.7 Å². The Morgan fingerprint density at radius 3 is 2.24 bits per heavy atom. The highest BCUT2D eigenvalue weighted by atomic mass is 16.3. The number of fused-ring (bicyclic) bond motifs is 3. The first-order chi connectivity index (χ1) is 21.3. The van der Waals surface area contributed by atoms with E-state index in [1.54, 1.807) is 14.1 Å². The van der Waals surface area contributed by atoms with E-state index in [9.17, 15) is 34.2 Å². The average molecular weight is 617 g/mol. The number of phenols is 1. The maximum absolute atomic E-state index is 14.3. The van der Waals surface area contributed by atoms with Crippen LogP contribution >= 0.6 is 0 Å². The maximum atomic E-state index is 14.3. The predicted molar refractivity (Wildman–Crippen MR) is 166 cm³/mol. The van der Waals surface area contributed by atoms with Crippen molar-refractivity contribution < 1.29 is 34.2 Å². The molecule has 2 unspecified atom stereocenters. The minimum atomic E-state index is -2.75. The standard InChI is InChI=1S/C34H40N4O7/c1-36(2)23-15-20(18-9-7-17(8-10-18)16-38-11-5-6-12-38)28(39)25-21(23)13-19-14-22-27(37(3)4)30(41)26(33(35)44)32(43)34(22,45)31(42)24(19)29(25)40/h7-10,15,19,22,24,26-27,39,45H,5-6,11-14,16H2,1-4H3,(H2,35,44)/t19-,22+,24?,26?,27-,34+/m1/s1. The van der Waals surface area contributed by atoms with Crippen LogP contribution in [0.1, 0.15) is 40.7 Å². The fourth-order valence-corrected chi connectivity index (χ4v) is 8.26. The van der Waals surface area contributed by atoms with Crippen molar-refractivity contribution in [3.63, 3.8) is 0 Å². The van der Waals surface area contributed by atoms with Crippen molar-refractivity contribution in [3.8, 4) is 16.9 Å². The summed E-state index contributed by atoms with van der Waals surface area (Å²) in [6.45, 7) is 2.97. The van der Waals surface area contributed by atoms with Gasteiger partial charge in [-0.25, -0.2) is 0 Å². The number of hydrogen-bond donors (Lipinski definition) is 3. The molecule has 0 bridgehead atoms. The Labute approximate surface area is 262 Å². The van der Waals surface area contributed by atoms with Crippen molar-refractivity contribution in [1.82, 2.24) is 9.80 Å². The molecule has 3 aliphatic carbocycles. The van der Waals surface area contributed by atoms with E-state index in [1.807, 2.05) is 49.3 Å². The van der Waals surface area contributed by atoms with Gasteiger partial charge in [-0.2, -0.15) is 0 Å². The molecule has 238 valence electrons. The number of aromatic hydroxyl groups is 1. The third-order valence-electron chi connectivity index (χ3n) is 10.4. The quantitative estimate of drug-likeness (QED) is 0.402. The number of aliphatic hydroxyl groups is 1. The molecule has 1 heterocycles. The summed E-state index contributed by atoms with van der Waals surface area (Å²) in [5.41, 5.74) is 6.20. The number of likely N-dealkylation sites (N-methyl/N-ethyl adjacent to an activating group) is 1. The molecule has 1 aliphatic heterocycles. The second-order valence-corrected chi connectivity index (χ2v) is 13.5. The fourth-order valence-electron chi connectivity index (χ4n) is 8.26. The van der Waals surface area contributed by atoms with Crippen LogP contribution in [0.5, 0.6) is 5.75 Å². The fraction of sp³-hybridized carbons (Fsp3) is 0.500. The smallest absolute Gasteiger partial charge is 0.235 e. The molecule has 0 radical (unpaired) electrons. The van der Waals surface area contributed by atoms with E-state index >= 15 is 0 Å². The molecule has 2 aromatic rings. The SMILES string of the molecule is CN(C)c1cc(-c2ccc(CN3CCCC3)cc2)c(O)c2c1C[C@@H]1C[C@H]3[C@@H](N(C)C)C(=O)C(C(N)=O)C(=O)[C@@]3(O)C(=O)C1C2=O. The molecule has 2 aromatic carbocycles. The number of hydrogen-bond acceptors (Lipinski definition) is 10. The third kappa shape index (κ3) is 4.71. The van der Waals surface area contributed by atoms with E-state index in [-0.39, 0.29) is 24.2 Å². The van der Waals surface area contributed by atoms with Crippen molar-refractivity contribution >= 4 is 34.7 Å². The first-order valence-corrected chi connectivity index (χ1v) is 15.5. The molecule has 4 aliphatic rings. The zero-order valence-electron chi connectivity index (χ0n) is 26.1. The summed E-state index contributed by atoms with van der Waals surface area (Å²) in [6.07, 6.45) is 2.61. The van der Waals surface area contributed by atoms with Crippen LogP contribution < -0.4 is 10.6 Å². The number of benzene rings is 2. The van der Waals surface area contributed by atoms with Gasteiger partial charge in [0.15, 0.2) is 34.7 Å². The lowest BCUT2D eigenvalue weighted by molar-refractivity contribution is -0.181. The Morgan fingerprint density at radius 2 is 1.67 bits per heavy atom. The number of likely N-dealkylation sites (tertiary alicyclic amines) is 1. The van der Waals surface area contributed by atoms with Gasteiger partial charge >= 0.3 is 0 Å². The highest BCUT2D eigenvalue weighted by Crippen LogP contribution is 2.53. The highest BCUT2D eigenvalue weighted by molar-refractivity contribution is 6.32. The second-order valence-electron chi connectivity index (χ2n) is 13.5. The normalized spacial score (nSPS) is 29.9. The van der Waals surface area contributed by atoms with Crippen molar-refractivity contribution in [3.05, 3.63) is 47.0 Å². The number of amides is 1. The maximum Gasteiger partial charge on any atom is 0.235 e. The molecule has 6 atom stereocenters. The predicted octanol–water partition coefficient (Wildman–Crippen LogP) is 1.20. The van der Waals surface area contributed by atoms with Crippen LogP contribution in [0.15, 0.2) is 30.3 Å². The zero-order chi connectivity index (χ0) is 32.5. The molecule has 11 heteroatoms. The molecule has 2 saturated carbocycles. The molecule has 6 rings (SSSR count). The van der Waals surface area contributed by atoms with Gasteiger partial charge < -0.3 is 20.8 Å². The minimum Gasteiger partial charge on any atom is -0.507 e. The van der Waals surface area contributed by atoms with E-state index < -0.39 is 64.4 Å². The highest BCUT2D eigenvalue weighted by Gasteiger charge is 2.69. The zero-order valence-corrected chi connectivity index (χ0v) is 26.1. The molecule has 0 spiro atoms. The minimum absolute atomic E-state index is 0.0102. The van der Waals surface area contributed by atoms with Crippen LogP contribution in [0, 0.1) is 23.7 Å². The molecule has 1 amide bonds. The van der Waals surface area contributed by atoms with Crippen LogP contribution in [0.25, 0.3) is 11.1 Å². The van der Waals surface area contributed by atoms with Crippen LogP contribution in [0.2, 0.25) is 0 Å². The summed E-state index contributed by atoms with van der Waals surface area (Å²) < 4.78 is 0. The summed E-state index contributed by atoms with van der Waals surface area (Å²) in [7, 11) is 6.80. The topological polar surface area (TPSA) is 162 Å². The van der Waals surface area contributed by atoms with Crippen LogP contribution in [-0.2, 0) is 32.1 Å². The van der Waals surface area contributed by atoms with Crippen molar-refractivity contribution in [1.29, 1.82) is 0 Å². The van der Waals surface area contributed by atoms with Gasteiger partial charge in [0.2, 0.25) is 5.91 Å². The van der Waals surface area contributed by atoms with Crippen LogP contribution in [0.4, 0.5) is 5.69 Å². The number of carbonyl (C=O) groups is 5. The Kier molecular flexibility index (Phi) is 7.70. The van der Waals surface area contributed by atoms with Crippen LogP contribution in [0.3, 0.4) is 0 Å². The van der Waals surface area contributed by atoms with Gasteiger partial charge in [-0.05, 0) is 81.5 Å². The lowest BCUT2D eigenvalue weighted by Crippen LogP contribution is -2.74. The Hall–Kier alpha value is -3.93. The molecule has 45 heavy (non-hydrogen) atoms. The lowest BCUT2D eigenvalue weighted by atomic mass is 9.52. The van der Waals surface area contributed by atoms with Gasteiger partial charge in [0.1, 0.15) is 5.75 Å². The molecular weight excluding hydrogens is 576 g/mol. The number of nitrogens with zero attached hydrogens (tertiary/aromatic N) is 3. The third-order valence-corrected chi connectivity index (χ3v) is 10.4. The average Bonchev–Trinajstić information content (AvgIpc) is 3.48. The second kappa shape index (κ2) is 11.1. The number of carbonyl (C=O) groups excluding carboxylic acids is 5. The van der Waals surface area contributed by atoms with Gasteiger partial charge in [0, 0.05) is 37.8 Å². The number of Topliss-reactive ketones (excluding diaryl/α,β-unsaturated/α-hetero) is 4. The summed E-state index contributed by atoms with van der Waals surface area (Å²) in [6, 6.07) is 8.53. The summed E-state index contributed by atoms with van der Waals surface area (Å²) in [5, 5.41) is 23.5. The summed E-state index contributed by atoms with van der Waals surface area (Å²) >= 11 is 0. The van der Waals surface area contributed by atoms with Gasteiger partial charge in [0.25, 0.3) is 0 Å². The number of primary amides is 1. The van der Waals surface area contributed by atoms with Crippen molar-refractivity contribution in [2.24, 2.45) is 29.4 Å². The van der Waals surface area contributed by atoms with Crippen molar-refractivity contribution in [2.45, 2.75) is 43.9 Å². The van der Waals surface area contributed by atoms with E-state index in [0.29, 0.717) is 22.4 Å². The van der Waals surface area contributed by atoms with Gasteiger partial charge in [0.05, 0.1) is 17.5 Å². The van der Waals surface area contributed by atoms with E-state index in [2.05, 4.69) is 4.90 Å². The Balaban J connectivity index is 1.43. The summed E-state index contributed by atoms with van der Waals surface area (Å²) in [4.78, 5) is 73.3. The molecule has 0 aromatic heterocycles. The van der Waals surface area contributed by atoms with Crippen LogP contribution in [-0.4, -0.2) is 102 Å². The number of rotatable bonds is 6.